The van der Waals surface area contributed by atoms with Gasteiger partial charge in [-0.15, -0.1) is 0 Å². The number of carbonyl (C=O) groups is 1. The summed E-state index contributed by atoms with van der Waals surface area (Å²) in [5.74, 6) is 0. The molecule has 2 aliphatic heterocycles. The van der Waals surface area contributed by atoms with Crippen molar-refractivity contribution in [3.8, 4) is 0 Å². The summed E-state index contributed by atoms with van der Waals surface area (Å²) in [5, 5.41) is 3.69. The molecule has 0 saturated carbocycles. The molecule has 1 unspecified atom stereocenters. The third-order valence-corrected chi connectivity index (χ3v) is 5.16. The minimum Gasteiger partial charge on any atom is -0.336 e. The van der Waals surface area contributed by atoms with E-state index in [0.717, 1.165) is 50.5 Å². The lowest BCUT2D eigenvalue weighted by Gasteiger charge is -2.40. The molecule has 5 heteroatoms. The summed E-state index contributed by atoms with van der Waals surface area (Å²) in [4.78, 5) is 16.4. The fourth-order valence-corrected chi connectivity index (χ4v) is 3.86. The maximum absolute atomic E-state index is 11.8. The van der Waals surface area contributed by atoms with E-state index >= 15 is 0 Å². The van der Waals surface area contributed by atoms with Crippen LogP contribution in [0.2, 0.25) is 5.02 Å². The molecule has 2 heterocycles. The molecule has 0 aromatic heterocycles. The number of hydrogen-bond donors (Lipinski definition) is 1. The normalized spacial score (nSPS) is 21.9. The quantitative estimate of drug-likeness (QED) is 0.923. The Morgan fingerprint density at radius 1 is 1.23 bits per heavy atom. The largest absolute Gasteiger partial charge is 0.336 e. The Bertz CT molecular complexity index is 511. The number of carbonyl (C=O) groups excluding carboxylic acids is 1. The molecule has 2 amide bonds. The first-order valence-corrected chi connectivity index (χ1v) is 8.61. The van der Waals surface area contributed by atoms with E-state index in [1.54, 1.807) is 0 Å². The fraction of sp³-hybridized carbons (Fsp3) is 0.588. The van der Waals surface area contributed by atoms with E-state index in [9.17, 15) is 4.79 Å². The van der Waals surface area contributed by atoms with Gasteiger partial charge in [0.15, 0.2) is 0 Å². The molecule has 0 spiro atoms. The van der Waals surface area contributed by atoms with E-state index in [2.05, 4.69) is 29.3 Å². The van der Waals surface area contributed by atoms with Crippen LogP contribution in [-0.2, 0) is 0 Å². The number of benzene rings is 1. The van der Waals surface area contributed by atoms with Crippen LogP contribution in [-0.4, -0.2) is 48.1 Å². The van der Waals surface area contributed by atoms with E-state index < -0.39 is 0 Å². The number of likely N-dealkylation sites (tertiary alicyclic amines) is 1. The van der Waals surface area contributed by atoms with E-state index in [4.69, 9.17) is 11.6 Å². The number of urea groups is 1. The Hall–Kier alpha value is -1.26. The Morgan fingerprint density at radius 2 is 1.91 bits per heavy atom. The Morgan fingerprint density at radius 3 is 2.45 bits per heavy atom. The van der Waals surface area contributed by atoms with Crippen molar-refractivity contribution in [3.05, 3.63) is 34.9 Å². The SMILES string of the molecule is CCC(c1ccc(Cl)cc1)N1CCC(N2CCNC2=O)CC1. The minimum absolute atomic E-state index is 0.114. The topological polar surface area (TPSA) is 35.6 Å². The number of halogens is 1. The molecule has 2 aliphatic rings. The van der Waals surface area contributed by atoms with Gasteiger partial charge in [-0.2, -0.15) is 0 Å². The highest BCUT2D eigenvalue weighted by molar-refractivity contribution is 6.30. The first-order chi connectivity index (χ1) is 10.7. The van der Waals surface area contributed by atoms with Crippen molar-refractivity contribution >= 4 is 17.6 Å². The van der Waals surface area contributed by atoms with Gasteiger partial charge < -0.3 is 10.2 Å². The molecule has 1 N–H and O–H groups in total. The number of hydrogen-bond acceptors (Lipinski definition) is 2. The van der Waals surface area contributed by atoms with Gasteiger partial charge >= 0.3 is 6.03 Å². The zero-order valence-electron chi connectivity index (χ0n) is 13.1. The lowest BCUT2D eigenvalue weighted by molar-refractivity contribution is 0.104. The van der Waals surface area contributed by atoms with Gasteiger partial charge in [-0.05, 0) is 37.0 Å². The maximum atomic E-state index is 11.8. The van der Waals surface area contributed by atoms with Gasteiger partial charge in [0, 0.05) is 43.3 Å². The first-order valence-electron chi connectivity index (χ1n) is 8.23. The molecule has 120 valence electrons. The van der Waals surface area contributed by atoms with Crippen LogP contribution < -0.4 is 5.32 Å². The lowest BCUT2D eigenvalue weighted by Crippen LogP contribution is -2.46. The van der Waals surface area contributed by atoms with Crippen LogP contribution in [0.4, 0.5) is 4.79 Å². The number of amides is 2. The molecule has 22 heavy (non-hydrogen) atoms. The summed E-state index contributed by atoms with van der Waals surface area (Å²) in [6.07, 6.45) is 3.23. The van der Waals surface area contributed by atoms with Crippen molar-refractivity contribution in [1.82, 2.24) is 15.1 Å². The van der Waals surface area contributed by atoms with Gasteiger partial charge in [-0.3, -0.25) is 4.90 Å². The average molecular weight is 322 g/mol. The minimum atomic E-state index is 0.114. The van der Waals surface area contributed by atoms with Gasteiger partial charge in [0.25, 0.3) is 0 Å². The number of rotatable bonds is 4. The molecule has 1 aromatic rings. The summed E-state index contributed by atoms with van der Waals surface area (Å²) in [6, 6.07) is 9.18. The Balaban J connectivity index is 1.61. The lowest BCUT2D eigenvalue weighted by atomic mass is 9.97. The van der Waals surface area contributed by atoms with Crippen molar-refractivity contribution in [2.75, 3.05) is 26.2 Å². The summed E-state index contributed by atoms with van der Waals surface area (Å²) < 4.78 is 0. The summed E-state index contributed by atoms with van der Waals surface area (Å²) >= 11 is 5.99. The molecule has 1 aromatic carbocycles. The van der Waals surface area contributed by atoms with Crippen LogP contribution >= 0.6 is 11.6 Å². The summed E-state index contributed by atoms with van der Waals surface area (Å²) in [7, 11) is 0. The van der Waals surface area contributed by atoms with Crippen LogP contribution in [0.3, 0.4) is 0 Å². The molecule has 0 aliphatic carbocycles. The monoisotopic (exact) mass is 321 g/mol. The van der Waals surface area contributed by atoms with Gasteiger partial charge in [-0.1, -0.05) is 30.7 Å². The predicted molar refractivity (Wildman–Crippen MR) is 89.2 cm³/mol. The second kappa shape index (κ2) is 6.88. The molecular formula is C17H24ClN3O. The highest BCUT2D eigenvalue weighted by atomic mass is 35.5. The number of piperidine rings is 1. The maximum Gasteiger partial charge on any atom is 0.317 e. The third-order valence-electron chi connectivity index (χ3n) is 4.91. The van der Waals surface area contributed by atoms with Gasteiger partial charge in [-0.25, -0.2) is 4.79 Å². The predicted octanol–water partition coefficient (Wildman–Crippen LogP) is 3.28. The van der Waals surface area contributed by atoms with E-state index in [1.807, 2.05) is 17.0 Å². The third kappa shape index (κ3) is 3.23. The molecule has 1 atom stereocenters. The Kier molecular flexibility index (Phi) is 4.89. The van der Waals surface area contributed by atoms with E-state index in [0.29, 0.717) is 12.1 Å². The van der Waals surface area contributed by atoms with Crippen LogP contribution in [0.15, 0.2) is 24.3 Å². The average Bonchev–Trinajstić information content (AvgIpc) is 2.97. The molecule has 0 bridgehead atoms. The number of nitrogens with one attached hydrogen (secondary N) is 1. The van der Waals surface area contributed by atoms with Crippen LogP contribution in [0.1, 0.15) is 37.8 Å². The first kappa shape index (κ1) is 15.6. The van der Waals surface area contributed by atoms with Crippen molar-refractivity contribution in [2.24, 2.45) is 0 Å². The summed E-state index contributed by atoms with van der Waals surface area (Å²) in [5.41, 5.74) is 1.34. The molecular weight excluding hydrogens is 298 g/mol. The van der Waals surface area contributed by atoms with E-state index in [-0.39, 0.29) is 6.03 Å². The molecule has 0 radical (unpaired) electrons. The Labute approximate surface area is 137 Å². The molecule has 2 fully saturated rings. The molecule has 2 saturated heterocycles. The smallest absolute Gasteiger partial charge is 0.317 e. The van der Waals surface area contributed by atoms with Crippen molar-refractivity contribution < 1.29 is 4.79 Å². The zero-order valence-corrected chi connectivity index (χ0v) is 13.9. The second-order valence-corrected chi connectivity index (χ2v) is 6.60. The van der Waals surface area contributed by atoms with Crippen LogP contribution in [0, 0.1) is 0 Å². The van der Waals surface area contributed by atoms with Gasteiger partial charge in [0.1, 0.15) is 0 Å². The number of nitrogens with zero attached hydrogens (tertiary/aromatic N) is 2. The van der Waals surface area contributed by atoms with Crippen molar-refractivity contribution in [3.63, 3.8) is 0 Å². The summed E-state index contributed by atoms with van der Waals surface area (Å²) in [6.45, 7) is 5.99. The fourth-order valence-electron chi connectivity index (χ4n) is 3.73. The van der Waals surface area contributed by atoms with Crippen molar-refractivity contribution in [1.29, 1.82) is 0 Å². The van der Waals surface area contributed by atoms with Crippen LogP contribution in [0.5, 0.6) is 0 Å². The van der Waals surface area contributed by atoms with E-state index in [1.165, 1.54) is 5.56 Å². The highest BCUT2D eigenvalue weighted by Gasteiger charge is 2.32. The van der Waals surface area contributed by atoms with Crippen LogP contribution in [0.25, 0.3) is 0 Å². The van der Waals surface area contributed by atoms with Gasteiger partial charge in [0.05, 0.1) is 0 Å². The van der Waals surface area contributed by atoms with Crippen molar-refractivity contribution in [2.45, 2.75) is 38.3 Å². The standard InChI is InChI=1S/C17H24ClN3O/c1-2-16(13-3-5-14(18)6-4-13)20-10-7-15(8-11-20)21-12-9-19-17(21)22/h3-6,15-16H,2,7-12H2,1H3,(H,19,22). The zero-order chi connectivity index (χ0) is 15.5. The molecule has 3 rings (SSSR count). The highest BCUT2D eigenvalue weighted by Crippen LogP contribution is 2.29. The van der Waals surface area contributed by atoms with Gasteiger partial charge in [0.2, 0.25) is 0 Å². The second-order valence-electron chi connectivity index (χ2n) is 6.17. The molecule has 4 nitrogen and oxygen atoms in total.